The van der Waals surface area contributed by atoms with Crippen molar-refractivity contribution < 1.29 is 14.5 Å². The van der Waals surface area contributed by atoms with E-state index < -0.39 is 10.5 Å². The Balaban J connectivity index is 1.39. The van der Waals surface area contributed by atoms with Crippen molar-refractivity contribution in [1.29, 1.82) is 0 Å². The van der Waals surface area contributed by atoms with E-state index in [1.54, 1.807) is 19.1 Å². The second-order valence-electron chi connectivity index (χ2n) is 10.1. The third-order valence-corrected chi connectivity index (χ3v) is 6.74. The van der Waals surface area contributed by atoms with E-state index in [0.717, 1.165) is 11.3 Å². The van der Waals surface area contributed by atoms with Gasteiger partial charge in [0.15, 0.2) is 0 Å². The molecule has 9 heteroatoms. The molecule has 2 fully saturated rings. The van der Waals surface area contributed by atoms with E-state index in [4.69, 9.17) is 0 Å². The fraction of sp³-hybridized carbons (Fsp3) is 0.440. The van der Waals surface area contributed by atoms with Gasteiger partial charge in [0.1, 0.15) is 5.54 Å². The minimum absolute atomic E-state index is 0.00498. The first-order valence-electron chi connectivity index (χ1n) is 11.5. The number of carbonyl (C=O) groups is 2. The molecular weight excluding hydrogens is 434 g/mol. The smallest absolute Gasteiger partial charge is 0.326 e. The van der Waals surface area contributed by atoms with E-state index in [1.807, 2.05) is 24.3 Å². The molecule has 4 rings (SSSR count). The van der Waals surface area contributed by atoms with Crippen LogP contribution in [0.15, 0.2) is 48.5 Å². The minimum atomic E-state index is -1.09. The van der Waals surface area contributed by atoms with Gasteiger partial charge in [-0.3, -0.25) is 19.8 Å². The number of hydrogen-bond acceptors (Lipinski definition) is 6. The van der Waals surface area contributed by atoms with Gasteiger partial charge in [0.2, 0.25) is 0 Å². The average Bonchev–Trinajstić information content (AvgIpc) is 3.03. The molecule has 2 saturated heterocycles. The number of rotatable bonds is 5. The van der Waals surface area contributed by atoms with E-state index in [-0.39, 0.29) is 29.7 Å². The molecule has 2 heterocycles. The zero-order valence-corrected chi connectivity index (χ0v) is 20.1. The lowest BCUT2D eigenvalue weighted by atomic mass is 9.84. The SMILES string of the molecule is CC(C)(C)c1ccc(C2(C)NC(=O)N(CN3CCN(c4ccc([N+](=O)[O-])cc4)CC3)C2=O)cc1. The highest BCUT2D eigenvalue weighted by molar-refractivity contribution is 6.07. The van der Waals surface area contributed by atoms with E-state index >= 15 is 0 Å². The third-order valence-electron chi connectivity index (χ3n) is 6.74. The summed E-state index contributed by atoms with van der Waals surface area (Å²) in [6.07, 6.45) is 0. The van der Waals surface area contributed by atoms with Crippen LogP contribution in [-0.2, 0) is 15.7 Å². The monoisotopic (exact) mass is 465 g/mol. The van der Waals surface area contributed by atoms with Gasteiger partial charge < -0.3 is 10.2 Å². The first-order chi connectivity index (χ1) is 16.0. The van der Waals surface area contributed by atoms with Crippen molar-refractivity contribution in [3.05, 3.63) is 69.8 Å². The number of hydrogen-bond donors (Lipinski definition) is 1. The zero-order valence-electron chi connectivity index (χ0n) is 20.1. The highest BCUT2D eigenvalue weighted by Gasteiger charge is 2.49. The summed E-state index contributed by atoms with van der Waals surface area (Å²) in [5.41, 5.74) is 1.84. The van der Waals surface area contributed by atoms with Crippen LogP contribution >= 0.6 is 0 Å². The Bertz CT molecular complexity index is 1090. The van der Waals surface area contributed by atoms with E-state index in [1.165, 1.54) is 22.6 Å². The van der Waals surface area contributed by atoms with Crippen molar-refractivity contribution in [2.45, 2.75) is 38.6 Å². The molecule has 180 valence electrons. The molecule has 3 amide bonds. The van der Waals surface area contributed by atoms with Gasteiger partial charge in [0.25, 0.3) is 11.6 Å². The number of carbonyl (C=O) groups excluding carboxylic acids is 2. The number of anilines is 1. The van der Waals surface area contributed by atoms with Gasteiger partial charge >= 0.3 is 6.03 Å². The van der Waals surface area contributed by atoms with Gasteiger partial charge in [-0.05, 0) is 35.6 Å². The van der Waals surface area contributed by atoms with Crippen LogP contribution in [0.2, 0.25) is 0 Å². The minimum Gasteiger partial charge on any atom is -0.369 e. The Hall–Kier alpha value is -3.46. The molecule has 0 spiro atoms. The lowest BCUT2D eigenvalue weighted by Crippen LogP contribution is -2.51. The van der Waals surface area contributed by atoms with Crippen molar-refractivity contribution in [2.24, 2.45) is 0 Å². The third kappa shape index (κ3) is 4.48. The average molecular weight is 466 g/mol. The molecule has 0 bridgehead atoms. The molecule has 1 unspecified atom stereocenters. The second-order valence-corrected chi connectivity index (χ2v) is 10.1. The fourth-order valence-corrected chi connectivity index (χ4v) is 4.46. The Morgan fingerprint density at radius 1 is 0.971 bits per heavy atom. The fourth-order valence-electron chi connectivity index (χ4n) is 4.46. The van der Waals surface area contributed by atoms with Crippen LogP contribution in [0.5, 0.6) is 0 Å². The van der Waals surface area contributed by atoms with Gasteiger partial charge in [-0.1, -0.05) is 45.0 Å². The Labute approximate surface area is 199 Å². The maximum absolute atomic E-state index is 13.3. The quantitative estimate of drug-likeness (QED) is 0.413. The number of nitro groups is 1. The molecule has 0 saturated carbocycles. The van der Waals surface area contributed by atoms with Crippen LogP contribution in [-0.4, -0.2) is 59.5 Å². The van der Waals surface area contributed by atoms with Crippen molar-refractivity contribution >= 4 is 23.3 Å². The molecule has 2 aromatic rings. The first-order valence-corrected chi connectivity index (χ1v) is 11.5. The number of benzene rings is 2. The molecule has 1 N–H and O–H groups in total. The molecule has 0 radical (unpaired) electrons. The van der Waals surface area contributed by atoms with Crippen LogP contribution in [0.1, 0.15) is 38.8 Å². The summed E-state index contributed by atoms with van der Waals surface area (Å²) >= 11 is 0. The van der Waals surface area contributed by atoms with Crippen molar-refractivity contribution in [1.82, 2.24) is 15.1 Å². The number of amides is 3. The van der Waals surface area contributed by atoms with Crippen LogP contribution in [0, 0.1) is 10.1 Å². The number of nitrogens with one attached hydrogen (secondary N) is 1. The molecule has 0 aliphatic carbocycles. The van der Waals surface area contributed by atoms with E-state index in [0.29, 0.717) is 26.2 Å². The van der Waals surface area contributed by atoms with Gasteiger partial charge in [-0.2, -0.15) is 0 Å². The molecule has 34 heavy (non-hydrogen) atoms. The lowest BCUT2D eigenvalue weighted by molar-refractivity contribution is -0.384. The molecular formula is C25H31N5O4. The summed E-state index contributed by atoms with van der Waals surface area (Å²) in [5, 5.41) is 13.7. The molecule has 2 aromatic carbocycles. The largest absolute Gasteiger partial charge is 0.369 e. The number of imide groups is 1. The van der Waals surface area contributed by atoms with Gasteiger partial charge in [-0.15, -0.1) is 0 Å². The second kappa shape index (κ2) is 8.72. The van der Waals surface area contributed by atoms with E-state index in [2.05, 4.69) is 35.9 Å². The highest BCUT2D eigenvalue weighted by Crippen LogP contribution is 2.31. The van der Waals surface area contributed by atoms with Gasteiger partial charge in [0.05, 0.1) is 11.6 Å². The zero-order chi connectivity index (χ0) is 24.7. The summed E-state index contributed by atoms with van der Waals surface area (Å²) in [6.45, 7) is 11.1. The van der Waals surface area contributed by atoms with Crippen LogP contribution in [0.25, 0.3) is 0 Å². The molecule has 2 aliphatic rings. The summed E-state index contributed by atoms with van der Waals surface area (Å²) in [7, 11) is 0. The summed E-state index contributed by atoms with van der Waals surface area (Å²) < 4.78 is 0. The van der Waals surface area contributed by atoms with Crippen molar-refractivity contribution in [3.63, 3.8) is 0 Å². The number of urea groups is 1. The maximum atomic E-state index is 13.3. The molecule has 9 nitrogen and oxygen atoms in total. The Morgan fingerprint density at radius 3 is 2.09 bits per heavy atom. The highest BCUT2D eigenvalue weighted by atomic mass is 16.6. The standard InChI is InChI=1S/C25H31N5O4/c1-24(2,3)18-5-7-19(8-6-18)25(4)22(31)29(23(32)26-25)17-27-13-15-28(16-14-27)20-9-11-21(12-10-20)30(33)34/h5-12H,13-17H2,1-4H3,(H,26,32). The van der Waals surface area contributed by atoms with Gasteiger partial charge in [0, 0.05) is 44.0 Å². The summed E-state index contributed by atoms with van der Waals surface area (Å²) in [6, 6.07) is 14.0. The van der Waals surface area contributed by atoms with Crippen molar-refractivity contribution in [2.75, 3.05) is 37.7 Å². The number of nitrogens with zero attached hydrogens (tertiary/aromatic N) is 4. The maximum Gasteiger partial charge on any atom is 0.326 e. The molecule has 0 aromatic heterocycles. The lowest BCUT2D eigenvalue weighted by Gasteiger charge is -2.37. The predicted octanol–water partition coefficient (Wildman–Crippen LogP) is 3.44. The normalized spacial score (nSPS) is 21.6. The Morgan fingerprint density at radius 2 is 1.56 bits per heavy atom. The summed E-state index contributed by atoms with van der Waals surface area (Å²) in [5.74, 6) is -0.251. The number of nitro benzene ring substituents is 1. The van der Waals surface area contributed by atoms with Crippen LogP contribution < -0.4 is 10.2 Å². The summed E-state index contributed by atoms with van der Waals surface area (Å²) in [4.78, 5) is 42.0. The first kappa shape index (κ1) is 23.7. The van der Waals surface area contributed by atoms with Gasteiger partial charge in [-0.25, -0.2) is 9.69 Å². The van der Waals surface area contributed by atoms with Crippen molar-refractivity contribution in [3.8, 4) is 0 Å². The topological polar surface area (TPSA) is 99.0 Å². The molecule has 1 atom stereocenters. The predicted molar refractivity (Wildman–Crippen MR) is 130 cm³/mol. The van der Waals surface area contributed by atoms with E-state index in [9.17, 15) is 19.7 Å². The Kier molecular flexibility index (Phi) is 6.07. The number of piperazine rings is 1. The van der Waals surface area contributed by atoms with Crippen LogP contribution in [0.3, 0.4) is 0 Å². The number of non-ortho nitro benzene ring substituents is 1. The molecule has 2 aliphatic heterocycles. The van der Waals surface area contributed by atoms with Crippen LogP contribution in [0.4, 0.5) is 16.2 Å².